The summed E-state index contributed by atoms with van der Waals surface area (Å²) in [5.74, 6) is -0.930. The van der Waals surface area contributed by atoms with Crippen LogP contribution in [0.4, 0.5) is 17.1 Å². The van der Waals surface area contributed by atoms with Crippen LogP contribution in [0.1, 0.15) is 23.1 Å². The van der Waals surface area contributed by atoms with Crippen LogP contribution in [-0.4, -0.2) is 35.9 Å². The van der Waals surface area contributed by atoms with E-state index in [1.54, 1.807) is 31.2 Å². The maximum Gasteiger partial charge on any atom is 0.311 e. The molecule has 196 valence electrons. The van der Waals surface area contributed by atoms with E-state index < -0.39 is 29.3 Å². The number of nitrogens with one attached hydrogen (secondary N) is 1. The zero-order valence-electron chi connectivity index (χ0n) is 21.2. The van der Waals surface area contributed by atoms with E-state index in [1.807, 2.05) is 32.0 Å². The number of nitrogens with zero attached hydrogens (tertiary/aromatic N) is 2. The third kappa shape index (κ3) is 6.15. The summed E-state index contributed by atoms with van der Waals surface area (Å²) in [6.07, 6.45) is -0.0362. The fraction of sp³-hybridized carbons (Fsp3) is 0.250. The molecule has 10 heteroatoms. The lowest BCUT2D eigenvalue weighted by Gasteiger charge is -2.17. The van der Waals surface area contributed by atoms with E-state index in [-0.39, 0.29) is 30.2 Å². The molecule has 3 aromatic carbocycles. The molecule has 0 aliphatic carbocycles. The number of esters is 1. The average molecular weight is 518 g/mol. The summed E-state index contributed by atoms with van der Waals surface area (Å²) in [7, 11) is 0. The van der Waals surface area contributed by atoms with Crippen molar-refractivity contribution in [2.45, 2.75) is 27.2 Å². The first-order valence-corrected chi connectivity index (χ1v) is 12.0. The zero-order chi connectivity index (χ0) is 27.4. The van der Waals surface area contributed by atoms with Crippen LogP contribution in [-0.2, 0) is 19.1 Å². The Morgan fingerprint density at radius 1 is 0.974 bits per heavy atom. The van der Waals surface area contributed by atoms with Crippen molar-refractivity contribution in [3.63, 3.8) is 0 Å². The molecule has 0 saturated carbocycles. The minimum atomic E-state index is -0.720. The van der Waals surface area contributed by atoms with Gasteiger partial charge in [0, 0.05) is 36.0 Å². The van der Waals surface area contributed by atoms with E-state index in [0.717, 1.165) is 5.56 Å². The molecule has 1 aliphatic rings. The summed E-state index contributed by atoms with van der Waals surface area (Å²) < 4.78 is 11.0. The van der Waals surface area contributed by atoms with Gasteiger partial charge in [0.05, 0.1) is 10.8 Å². The van der Waals surface area contributed by atoms with E-state index in [1.165, 1.54) is 28.7 Å². The van der Waals surface area contributed by atoms with Gasteiger partial charge in [-0.1, -0.05) is 12.1 Å². The Hall–Kier alpha value is -4.73. The van der Waals surface area contributed by atoms with Gasteiger partial charge in [-0.3, -0.25) is 24.5 Å². The predicted octanol–water partition coefficient (Wildman–Crippen LogP) is 4.85. The summed E-state index contributed by atoms with van der Waals surface area (Å²) in [6.45, 7) is 5.18. The van der Waals surface area contributed by atoms with Crippen molar-refractivity contribution in [3.05, 3.63) is 87.5 Å². The van der Waals surface area contributed by atoms with Gasteiger partial charge in [-0.15, -0.1) is 0 Å². The highest BCUT2D eigenvalue weighted by Crippen LogP contribution is 2.30. The summed E-state index contributed by atoms with van der Waals surface area (Å²) in [5.41, 5.74) is 3.46. The van der Waals surface area contributed by atoms with E-state index in [0.29, 0.717) is 22.7 Å². The number of nitro groups is 1. The molecule has 2 amide bonds. The second-order valence-corrected chi connectivity index (χ2v) is 9.16. The van der Waals surface area contributed by atoms with Crippen molar-refractivity contribution in [1.82, 2.24) is 0 Å². The standard InChI is InChI=1S/C28H27N3O7/c1-17-5-9-24(12-19(17)3)38-23-10-7-22(8-11-23)30-15-20(13-27(30)33)28(34)37-16-26(32)29-21-6-4-18(2)25(14-21)31(35)36/h4-12,14,20H,13,15-16H2,1-3H3,(H,29,32)/t20-/m0/s1. The molecule has 1 atom stereocenters. The number of carbonyl (C=O) groups excluding carboxylic acids is 3. The third-order valence-corrected chi connectivity index (χ3v) is 6.36. The van der Waals surface area contributed by atoms with Crippen LogP contribution in [0.3, 0.4) is 0 Å². The Morgan fingerprint density at radius 2 is 1.66 bits per heavy atom. The number of hydrogen-bond acceptors (Lipinski definition) is 7. The van der Waals surface area contributed by atoms with Crippen LogP contribution in [0.15, 0.2) is 60.7 Å². The number of nitro benzene ring substituents is 1. The molecule has 1 aliphatic heterocycles. The van der Waals surface area contributed by atoms with Crippen LogP contribution in [0.2, 0.25) is 0 Å². The Balaban J connectivity index is 1.30. The molecule has 0 unspecified atom stereocenters. The molecule has 0 aromatic heterocycles. The number of ether oxygens (including phenoxy) is 2. The van der Waals surface area contributed by atoms with Crippen LogP contribution in [0.5, 0.6) is 11.5 Å². The lowest BCUT2D eigenvalue weighted by molar-refractivity contribution is -0.385. The average Bonchev–Trinajstić information content (AvgIpc) is 3.28. The van der Waals surface area contributed by atoms with Gasteiger partial charge in [0.15, 0.2) is 6.61 Å². The summed E-state index contributed by atoms with van der Waals surface area (Å²) >= 11 is 0. The van der Waals surface area contributed by atoms with Crippen molar-refractivity contribution >= 4 is 34.8 Å². The molecular formula is C28H27N3O7. The molecule has 0 radical (unpaired) electrons. The molecule has 38 heavy (non-hydrogen) atoms. The van der Waals surface area contributed by atoms with Gasteiger partial charge >= 0.3 is 5.97 Å². The Bertz CT molecular complexity index is 1400. The van der Waals surface area contributed by atoms with Gasteiger partial charge in [0.1, 0.15) is 11.5 Å². The Morgan fingerprint density at radius 3 is 2.34 bits per heavy atom. The lowest BCUT2D eigenvalue weighted by Crippen LogP contribution is -2.28. The fourth-order valence-corrected chi connectivity index (χ4v) is 4.06. The van der Waals surface area contributed by atoms with Crippen LogP contribution < -0.4 is 15.0 Å². The lowest BCUT2D eigenvalue weighted by atomic mass is 10.1. The molecule has 1 heterocycles. The maximum absolute atomic E-state index is 12.6. The third-order valence-electron chi connectivity index (χ3n) is 6.36. The van der Waals surface area contributed by atoms with E-state index in [9.17, 15) is 24.5 Å². The molecule has 0 bridgehead atoms. The van der Waals surface area contributed by atoms with E-state index in [2.05, 4.69) is 5.32 Å². The van der Waals surface area contributed by atoms with Crippen molar-refractivity contribution in [3.8, 4) is 11.5 Å². The number of anilines is 2. The van der Waals surface area contributed by atoms with Crippen LogP contribution >= 0.6 is 0 Å². The number of hydrogen-bond donors (Lipinski definition) is 1. The van der Waals surface area contributed by atoms with Gasteiger partial charge in [-0.05, 0) is 74.4 Å². The summed E-state index contributed by atoms with van der Waals surface area (Å²) in [5, 5.41) is 13.5. The zero-order valence-corrected chi connectivity index (χ0v) is 21.2. The molecule has 1 saturated heterocycles. The van der Waals surface area contributed by atoms with Gasteiger partial charge in [0.2, 0.25) is 5.91 Å². The maximum atomic E-state index is 12.6. The smallest absolute Gasteiger partial charge is 0.311 e. The number of amides is 2. The van der Waals surface area contributed by atoms with Crippen molar-refractivity contribution in [2.24, 2.45) is 5.92 Å². The first-order valence-electron chi connectivity index (χ1n) is 12.0. The van der Waals surface area contributed by atoms with Gasteiger partial charge in [0.25, 0.3) is 11.6 Å². The second kappa shape index (κ2) is 11.1. The fourth-order valence-electron chi connectivity index (χ4n) is 4.06. The number of benzene rings is 3. The normalized spacial score (nSPS) is 14.8. The van der Waals surface area contributed by atoms with Crippen LogP contribution in [0, 0.1) is 36.8 Å². The van der Waals surface area contributed by atoms with E-state index in [4.69, 9.17) is 9.47 Å². The first-order chi connectivity index (χ1) is 18.1. The molecule has 1 N–H and O–H groups in total. The molecule has 0 spiro atoms. The highest BCUT2D eigenvalue weighted by atomic mass is 16.6. The SMILES string of the molecule is Cc1ccc(Oc2ccc(N3C[C@@H](C(=O)OCC(=O)Nc4ccc(C)c([N+](=O)[O-])c4)CC3=O)cc2)cc1C. The quantitative estimate of drug-likeness (QED) is 0.257. The number of aryl methyl sites for hydroxylation is 3. The molecule has 10 nitrogen and oxygen atoms in total. The Kier molecular flexibility index (Phi) is 7.71. The highest BCUT2D eigenvalue weighted by Gasteiger charge is 2.36. The summed E-state index contributed by atoms with van der Waals surface area (Å²) in [6, 6.07) is 17.1. The number of carbonyl (C=O) groups is 3. The highest BCUT2D eigenvalue weighted by molar-refractivity contribution is 6.00. The van der Waals surface area contributed by atoms with E-state index >= 15 is 0 Å². The van der Waals surface area contributed by atoms with Gasteiger partial charge < -0.3 is 19.7 Å². The molecule has 1 fully saturated rings. The van der Waals surface area contributed by atoms with Crippen molar-refractivity contribution < 1.29 is 28.8 Å². The topological polar surface area (TPSA) is 128 Å². The minimum Gasteiger partial charge on any atom is -0.457 e. The summed E-state index contributed by atoms with van der Waals surface area (Å²) in [4.78, 5) is 49.3. The van der Waals surface area contributed by atoms with Crippen LogP contribution in [0.25, 0.3) is 0 Å². The Labute approximate surface area is 219 Å². The molecule has 3 aromatic rings. The van der Waals surface area contributed by atoms with Gasteiger partial charge in [-0.25, -0.2) is 0 Å². The largest absolute Gasteiger partial charge is 0.457 e. The first kappa shape index (κ1) is 26.3. The van der Waals surface area contributed by atoms with Gasteiger partial charge in [-0.2, -0.15) is 0 Å². The van der Waals surface area contributed by atoms with Crippen molar-refractivity contribution in [2.75, 3.05) is 23.4 Å². The van der Waals surface area contributed by atoms with Crippen molar-refractivity contribution in [1.29, 1.82) is 0 Å². The number of rotatable bonds is 8. The minimum absolute atomic E-state index is 0.0362. The molecule has 4 rings (SSSR count). The molecular weight excluding hydrogens is 490 g/mol. The second-order valence-electron chi connectivity index (χ2n) is 9.16. The predicted molar refractivity (Wildman–Crippen MR) is 140 cm³/mol. The monoisotopic (exact) mass is 517 g/mol.